The maximum Gasteiger partial charge on any atom is 0.480 e. The topological polar surface area (TPSA) is 363 Å². The lowest BCUT2D eigenvalue weighted by atomic mass is 9.79. The second-order valence-electron chi connectivity index (χ2n) is 15.1. The summed E-state index contributed by atoms with van der Waals surface area (Å²) in [6, 6.07) is 5.43. The Labute approximate surface area is 346 Å². The van der Waals surface area contributed by atoms with Gasteiger partial charge < -0.3 is 59.8 Å². The van der Waals surface area contributed by atoms with Crippen molar-refractivity contribution in [1.29, 1.82) is 0 Å². The number of nitrogen functional groups attached to an aromatic ring is 1. The van der Waals surface area contributed by atoms with Crippen LogP contribution in [0, 0.1) is 6.92 Å². The second-order valence-corrected chi connectivity index (χ2v) is 19.9. The summed E-state index contributed by atoms with van der Waals surface area (Å²) in [7, 11) is -16.6. The molecule has 2 amide bonds. The number of phosphoric acid groups is 1. The van der Waals surface area contributed by atoms with E-state index in [2.05, 4.69) is 61.6 Å². The van der Waals surface area contributed by atoms with Crippen LogP contribution in [0.15, 0.2) is 40.1 Å². The monoisotopic (exact) mass is 917 g/mol. The number of phosphoric ester groups is 1. The van der Waals surface area contributed by atoms with Crippen LogP contribution in [0.5, 0.6) is 0 Å². The van der Waals surface area contributed by atoms with E-state index in [1.165, 1.54) is 17.0 Å². The fourth-order valence-electron chi connectivity index (χ4n) is 7.54. The van der Waals surface area contributed by atoms with Crippen molar-refractivity contribution < 1.29 is 70.7 Å². The minimum Gasteiger partial charge on any atom is -0.440 e. The van der Waals surface area contributed by atoms with Crippen molar-refractivity contribution in [1.82, 2.24) is 35.0 Å². The first-order chi connectivity index (χ1) is 28.4. The van der Waals surface area contributed by atoms with Crippen molar-refractivity contribution in [3.63, 3.8) is 0 Å². The molecule has 5 heterocycles. The first kappa shape index (κ1) is 46.2. The number of anilines is 2. The van der Waals surface area contributed by atoms with E-state index in [0.717, 1.165) is 39.8 Å². The number of hydrogen-bond donors (Lipinski definition) is 9. The van der Waals surface area contributed by atoms with Crippen molar-refractivity contribution in [2.75, 3.05) is 36.9 Å². The zero-order chi connectivity index (χ0) is 44.7. The number of nitrogens with two attached hydrogens (primary N) is 1. The number of rotatable bonds is 16. The van der Waals surface area contributed by atoms with Gasteiger partial charge in [-0.3, -0.25) is 13.9 Å². The van der Waals surface area contributed by atoms with Crippen LogP contribution in [0.3, 0.4) is 0 Å². The summed E-state index contributed by atoms with van der Waals surface area (Å²) < 4.78 is 62.2. The molecule has 1 fully saturated rings. The van der Waals surface area contributed by atoms with Crippen molar-refractivity contribution in [3.8, 4) is 0 Å². The van der Waals surface area contributed by atoms with Crippen molar-refractivity contribution in [2.45, 2.75) is 83.0 Å². The lowest BCUT2D eigenvalue weighted by Gasteiger charge is -2.47. The quantitative estimate of drug-likeness (QED) is 0.0439. The number of aromatic nitrogens is 4. The van der Waals surface area contributed by atoms with E-state index in [-0.39, 0.29) is 53.9 Å². The molecule has 1 saturated heterocycles. The SMILES string of the molecule is Cc1cc(=O)oc2cc3c(cc12)C(C)CC(C)(C)N3CCCC(=O)NCCNC(=O)O[C@H]1[C@@H](O)[C@H](n2cnc3c(N)ncnc32)O[C@@H]1COP(=O)(O)OP(=O)(O)NP(=O)(O)O. The number of fused-ring (bicyclic) bond motifs is 3. The summed E-state index contributed by atoms with van der Waals surface area (Å²) in [5.74, 6) is -0.0697. The van der Waals surface area contributed by atoms with E-state index in [1.54, 1.807) is 0 Å². The number of nitrogens with zero attached hydrogens (tertiary/aromatic N) is 5. The Morgan fingerprint density at radius 2 is 1.79 bits per heavy atom. The maximum atomic E-state index is 12.9. The third-order valence-electron chi connectivity index (χ3n) is 10.0. The molecule has 2 aliphatic heterocycles. The molecule has 334 valence electrons. The molecule has 7 atom stereocenters. The van der Waals surface area contributed by atoms with Crippen LogP contribution in [0.1, 0.15) is 63.3 Å². The molecule has 0 saturated carbocycles. The number of carbonyl (C=O) groups is 2. The van der Waals surface area contributed by atoms with Crippen LogP contribution < -0.4 is 31.8 Å². The number of benzene rings is 1. The molecular weight excluding hydrogens is 871 g/mol. The van der Waals surface area contributed by atoms with Crippen LogP contribution in [0.25, 0.3) is 22.1 Å². The molecule has 0 bridgehead atoms. The van der Waals surface area contributed by atoms with E-state index >= 15 is 0 Å². The number of ether oxygens (including phenoxy) is 2. The molecule has 0 spiro atoms. The molecule has 6 rings (SSSR count). The number of imidazole rings is 1. The van der Waals surface area contributed by atoms with Gasteiger partial charge in [0.05, 0.1) is 12.9 Å². The van der Waals surface area contributed by atoms with Gasteiger partial charge >= 0.3 is 35.0 Å². The van der Waals surface area contributed by atoms with Gasteiger partial charge in [0.25, 0.3) is 0 Å². The first-order valence-corrected chi connectivity index (χ1v) is 23.3. The van der Waals surface area contributed by atoms with Gasteiger partial charge in [-0.1, -0.05) is 6.92 Å². The average Bonchev–Trinajstić information content (AvgIpc) is 3.69. The van der Waals surface area contributed by atoms with Crippen LogP contribution >= 0.6 is 23.3 Å². The largest absolute Gasteiger partial charge is 0.480 e. The van der Waals surface area contributed by atoms with Gasteiger partial charge in [-0.2, -0.15) is 4.31 Å². The lowest BCUT2D eigenvalue weighted by Crippen LogP contribution is -2.49. The van der Waals surface area contributed by atoms with Crippen LogP contribution in [-0.4, -0.2) is 106 Å². The molecule has 0 radical (unpaired) electrons. The van der Waals surface area contributed by atoms with Crippen LogP contribution in [-0.2, 0) is 36.8 Å². The zero-order valence-electron chi connectivity index (χ0n) is 33.1. The molecule has 3 unspecified atom stereocenters. The Morgan fingerprint density at radius 1 is 1.07 bits per heavy atom. The number of hydrogen-bond acceptors (Lipinski definition) is 17. The fourth-order valence-corrected chi connectivity index (χ4v) is 11.0. The summed E-state index contributed by atoms with van der Waals surface area (Å²) in [5, 5.41) is 17.3. The van der Waals surface area contributed by atoms with Gasteiger partial charge in [-0.15, -0.1) is 4.86 Å². The molecule has 3 aromatic heterocycles. The summed E-state index contributed by atoms with van der Waals surface area (Å²) in [4.78, 5) is 90.4. The van der Waals surface area contributed by atoms with Gasteiger partial charge in [0.2, 0.25) is 5.91 Å². The smallest absolute Gasteiger partial charge is 0.440 e. The van der Waals surface area contributed by atoms with Gasteiger partial charge in [0, 0.05) is 54.8 Å². The van der Waals surface area contributed by atoms with Crippen LogP contribution in [0.2, 0.25) is 0 Å². The first-order valence-electron chi connectivity index (χ1n) is 18.6. The van der Waals surface area contributed by atoms with E-state index in [0.29, 0.717) is 18.5 Å². The Balaban J connectivity index is 1.04. The minimum atomic E-state index is -5.62. The number of carbonyl (C=O) groups excluding carboxylic acids is 2. The van der Waals surface area contributed by atoms with Gasteiger partial charge in [0.15, 0.2) is 23.8 Å². The highest BCUT2D eigenvalue weighted by Gasteiger charge is 2.49. The van der Waals surface area contributed by atoms with Crippen LogP contribution in [0.4, 0.5) is 16.3 Å². The van der Waals surface area contributed by atoms with E-state index in [1.807, 2.05) is 13.0 Å². The highest BCUT2D eigenvalue weighted by Crippen LogP contribution is 2.61. The van der Waals surface area contributed by atoms with Gasteiger partial charge in [0.1, 0.15) is 29.6 Å². The molecular formula is C33H46N9O16P3. The number of alkyl carbamates (subject to hydrolysis) is 1. The van der Waals surface area contributed by atoms with Crippen molar-refractivity contribution >= 4 is 69.0 Å². The average molecular weight is 918 g/mol. The Hall–Kier alpha value is -4.35. The normalized spacial score (nSPS) is 23.3. The Kier molecular flexibility index (Phi) is 13.5. The summed E-state index contributed by atoms with van der Waals surface area (Å²) in [5.41, 5.74) is 8.75. The third kappa shape index (κ3) is 11.0. The summed E-state index contributed by atoms with van der Waals surface area (Å²) in [6.45, 7) is 7.58. The summed E-state index contributed by atoms with van der Waals surface area (Å²) in [6.07, 6.45) is -3.80. The predicted octanol–water partition coefficient (Wildman–Crippen LogP) is 1.78. The molecule has 1 aromatic carbocycles. The molecule has 2 aliphatic rings. The maximum absolute atomic E-state index is 12.9. The summed E-state index contributed by atoms with van der Waals surface area (Å²) >= 11 is 0. The Morgan fingerprint density at radius 3 is 2.51 bits per heavy atom. The zero-order valence-corrected chi connectivity index (χ0v) is 35.8. The molecule has 28 heteroatoms. The number of aliphatic hydroxyl groups is 1. The molecule has 10 N–H and O–H groups in total. The molecule has 0 aliphatic carbocycles. The Bertz CT molecular complexity index is 2510. The standard InChI is InChI=1S/C33H46N9O16P3/c1-17-10-25(44)55-22-12-21-19(11-20(17)22)18(2)13-33(3,4)42(21)9-5-6-24(43)35-7-8-36-32(46)57-28-23(14-54-61(52,53)58-60(50,51)40-59(47,48)49)56-31(27(28)45)41-16-39-26-29(34)37-15-38-30(26)41/h10-12,15-16,18,23,27-28,31,45H,5-9,13-14H2,1-4H3,(H,35,43)(H,36,46)(H,52,53)(H2,34,37,38)(H4,40,47,48,49,50,51)/t18?,23-,27-,28-,31-/m1/s1. The fraction of sp³-hybridized carbons (Fsp3) is 0.515. The second kappa shape index (κ2) is 17.8. The number of nitrogens with one attached hydrogen (secondary N) is 3. The number of aliphatic hydroxyl groups excluding tert-OH is 1. The van der Waals surface area contributed by atoms with Gasteiger partial charge in [-0.25, -0.2) is 38.2 Å². The van der Waals surface area contributed by atoms with Gasteiger partial charge in [-0.05, 0) is 56.7 Å². The number of amides is 2. The van der Waals surface area contributed by atoms with Crippen molar-refractivity contribution in [2.24, 2.45) is 0 Å². The predicted molar refractivity (Wildman–Crippen MR) is 214 cm³/mol. The minimum absolute atomic E-state index is 0.0151. The lowest BCUT2D eigenvalue weighted by molar-refractivity contribution is -0.121. The van der Waals surface area contributed by atoms with E-state index < -0.39 is 66.2 Å². The molecule has 61 heavy (non-hydrogen) atoms. The van der Waals surface area contributed by atoms with E-state index in [4.69, 9.17) is 33.9 Å². The number of aryl methyl sites for hydroxylation is 1. The van der Waals surface area contributed by atoms with Crippen molar-refractivity contribution in [3.05, 3.63) is 52.4 Å². The third-order valence-corrected chi connectivity index (χ3v) is 14.3. The highest BCUT2D eigenvalue weighted by molar-refractivity contribution is 7.70. The van der Waals surface area contributed by atoms with E-state index in [9.17, 15) is 43.0 Å². The molecule has 25 nitrogen and oxygen atoms in total. The molecule has 4 aromatic rings. The highest BCUT2D eigenvalue weighted by atomic mass is 31.3.